The van der Waals surface area contributed by atoms with E-state index >= 15 is 0 Å². The minimum absolute atomic E-state index is 0.201. The first kappa shape index (κ1) is 13.4. The lowest BCUT2D eigenvalue weighted by atomic mass is 10.1. The third-order valence-corrected chi connectivity index (χ3v) is 3.97. The molecule has 2 N–H and O–H groups in total. The second-order valence-corrected chi connectivity index (χ2v) is 5.47. The number of hydrogen-bond acceptors (Lipinski definition) is 5. The summed E-state index contributed by atoms with van der Waals surface area (Å²) in [6, 6.07) is 8.76. The molecule has 0 aliphatic heterocycles. The maximum atomic E-state index is 12.2. The van der Waals surface area contributed by atoms with Gasteiger partial charge in [0, 0.05) is 5.39 Å². The molecule has 0 fully saturated rings. The minimum atomic E-state index is -0.406. The largest absolute Gasteiger partial charge is 0.317 e. The number of nitrogens with one attached hydrogen (secondary N) is 2. The van der Waals surface area contributed by atoms with Gasteiger partial charge in [-0.1, -0.05) is 36.5 Å². The van der Waals surface area contributed by atoms with E-state index in [0.717, 1.165) is 16.8 Å². The quantitative estimate of drug-likeness (QED) is 0.776. The van der Waals surface area contributed by atoms with Gasteiger partial charge < -0.3 is 4.98 Å². The number of aryl methyl sites for hydroxylation is 1. The van der Waals surface area contributed by atoms with Gasteiger partial charge in [0.25, 0.3) is 11.5 Å². The van der Waals surface area contributed by atoms with Crippen LogP contribution in [0.1, 0.15) is 22.4 Å². The zero-order valence-electron chi connectivity index (χ0n) is 11.2. The highest BCUT2D eigenvalue weighted by atomic mass is 32.1. The molecule has 106 valence electrons. The van der Waals surface area contributed by atoms with E-state index in [9.17, 15) is 9.59 Å². The van der Waals surface area contributed by atoms with Crippen LogP contribution in [0.5, 0.6) is 0 Å². The molecule has 2 heterocycles. The van der Waals surface area contributed by atoms with Crippen LogP contribution in [0.15, 0.2) is 35.1 Å². The smallest absolute Gasteiger partial charge is 0.274 e. The molecule has 6 nitrogen and oxygen atoms in total. The lowest BCUT2D eigenvalue weighted by molar-refractivity contribution is 0.102. The van der Waals surface area contributed by atoms with Gasteiger partial charge in [-0.05, 0) is 23.9 Å². The number of rotatable bonds is 3. The van der Waals surface area contributed by atoms with Gasteiger partial charge in [-0.15, -0.1) is 10.2 Å². The third kappa shape index (κ3) is 2.68. The van der Waals surface area contributed by atoms with Crippen LogP contribution in [0.3, 0.4) is 0 Å². The molecule has 0 bridgehead atoms. The van der Waals surface area contributed by atoms with Gasteiger partial charge in [-0.2, -0.15) is 0 Å². The monoisotopic (exact) mass is 300 g/mol. The number of benzene rings is 1. The van der Waals surface area contributed by atoms with Crippen molar-refractivity contribution in [2.75, 3.05) is 5.32 Å². The van der Waals surface area contributed by atoms with E-state index in [-0.39, 0.29) is 11.3 Å². The van der Waals surface area contributed by atoms with Gasteiger partial charge in [0.1, 0.15) is 10.7 Å². The fourth-order valence-electron chi connectivity index (χ4n) is 1.94. The molecular formula is C14H12N4O2S. The Balaban J connectivity index is 1.92. The Bertz CT molecular complexity index is 869. The summed E-state index contributed by atoms with van der Waals surface area (Å²) in [4.78, 5) is 26.7. The molecule has 0 saturated heterocycles. The van der Waals surface area contributed by atoms with Crippen molar-refractivity contribution < 1.29 is 4.79 Å². The molecule has 0 aliphatic rings. The summed E-state index contributed by atoms with van der Waals surface area (Å²) in [5, 5.41) is 13.0. The molecule has 3 rings (SSSR count). The molecule has 7 heteroatoms. The van der Waals surface area contributed by atoms with Crippen molar-refractivity contribution in [3.05, 3.63) is 51.4 Å². The molecular weight excluding hydrogens is 288 g/mol. The SMILES string of the molecule is CCc1nnc(NC(=O)c2cc3ccccc3c(=O)[nH]2)s1. The first-order valence-corrected chi connectivity index (χ1v) is 7.25. The van der Waals surface area contributed by atoms with Crippen LogP contribution in [0, 0.1) is 0 Å². The maximum Gasteiger partial charge on any atom is 0.274 e. The van der Waals surface area contributed by atoms with Crippen molar-refractivity contribution in [3.63, 3.8) is 0 Å². The summed E-state index contributed by atoms with van der Waals surface area (Å²) in [6.07, 6.45) is 0.764. The highest BCUT2D eigenvalue weighted by molar-refractivity contribution is 7.15. The van der Waals surface area contributed by atoms with Crippen LogP contribution < -0.4 is 10.9 Å². The molecule has 0 radical (unpaired) electrons. The number of carbonyl (C=O) groups excluding carboxylic acids is 1. The second kappa shape index (κ2) is 5.45. The van der Waals surface area contributed by atoms with Crippen LogP contribution in [-0.2, 0) is 6.42 Å². The van der Waals surface area contributed by atoms with Gasteiger partial charge >= 0.3 is 0 Å². The summed E-state index contributed by atoms with van der Waals surface area (Å²) < 4.78 is 0. The Kier molecular flexibility index (Phi) is 3.49. The first-order valence-electron chi connectivity index (χ1n) is 6.43. The fraction of sp³-hybridized carbons (Fsp3) is 0.143. The highest BCUT2D eigenvalue weighted by Gasteiger charge is 2.12. The number of amides is 1. The van der Waals surface area contributed by atoms with Gasteiger partial charge in [0.2, 0.25) is 5.13 Å². The number of anilines is 1. The second-order valence-electron chi connectivity index (χ2n) is 4.41. The number of nitrogens with zero attached hydrogens (tertiary/aromatic N) is 2. The molecule has 1 aromatic carbocycles. The normalized spacial score (nSPS) is 10.7. The molecule has 0 aliphatic carbocycles. The predicted octanol–water partition coefficient (Wildman–Crippen LogP) is 2.19. The Hall–Kier alpha value is -2.54. The average Bonchev–Trinajstić information content (AvgIpc) is 2.95. The van der Waals surface area contributed by atoms with Crippen molar-refractivity contribution >= 4 is 33.1 Å². The van der Waals surface area contributed by atoms with E-state index in [2.05, 4.69) is 20.5 Å². The van der Waals surface area contributed by atoms with Crippen molar-refractivity contribution in [2.45, 2.75) is 13.3 Å². The lowest BCUT2D eigenvalue weighted by Crippen LogP contribution is -2.18. The van der Waals surface area contributed by atoms with Crippen LogP contribution in [0.4, 0.5) is 5.13 Å². The Morgan fingerprint density at radius 3 is 2.90 bits per heavy atom. The van der Waals surface area contributed by atoms with Gasteiger partial charge in [0.05, 0.1) is 0 Å². The van der Waals surface area contributed by atoms with Crippen LogP contribution in [0.2, 0.25) is 0 Å². The Labute approximate surface area is 123 Å². The predicted molar refractivity (Wildman–Crippen MR) is 81.8 cm³/mol. The number of hydrogen-bond donors (Lipinski definition) is 2. The van der Waals surface area contributed by atoms with Crippen LogP contribution >= 0.6 is 11.3 Å². The maximum absolute atomic E-state index is 12.2. The van der Waals surface area contributed by atoms with Crippen molar-refractivity contribution in [2.24, 2.45) is 0 Å². The van der Waals surface area contributed by atoms with Gasteiger partial charge in [-0.3, -0.25) is 14.9 Å². The van der Waals surface area contributed by atoms with E-state index in [0.29, 0.717) is 10.5 Å². The summed E-state index contributed by atoms with van der Waals surface area (Å²) in [7, 11) is 0. The molecule has 2 aromatic heterocycles. The molecule has 0 saturated carbocycles. The van der Waals surface area contributed by atoms with E-state index in [4.69, 9.17) is 0 Å². The Morgan fingerprint density at radius 2 is 2.14 bits per heavy atom. The van der Waals surface area contributed by atoms with Gasteiger partial charge in [-0.25, -0.2) is 0 Å². The zero-order valence-corrected chi connectivity index (χ0v) is 12.0. The molecule has 21 heavy (non-hydrogen) atoms. The summed E-state index contributed by atoms with van der Waals surface area (Å²) in [6.45, 7) is 1.97. The van der Waals surface area contributed by atoms with Crippen LogP contribution in [0.25, 0.3) is 10.8 Å². The summed E-state index contributed by atoms with van der Waals surface area (Å²) in [5.41, 5.74) is -0.0864. The summed E-state index contributed by atoms with van der Waals surface area (Å²) >= 11 is 1.32. The van der Waals surface area contributed by atoms with Crippen molar-refractivity contribution in [1.82, 2.24) is 15.2 Å². The van der Waals surface area contributed by atoms with Gasteiger partial charge in [0.15, 0.2) is 0 Å². The molecule has 0 spiro atoms. The highest BCUT2D eigenvalue weighted by Crippen LogP contribution is 2.16. The van der Waals surface area contributed by atoms with Crippen LogP contribution in [-0.4, -0.2) is 21.1 Å². The molecule has 0 unspecified atom stereocenters. The number of fused-ring (bicyclic) bond motifs is 1. The number of carbonyl (C=O) groups is 1. The van der Waals surface area contributed by atoms with Crippen molar-refractivity contribution in [3.8, 4) is 0 Å². The van der Waals surface area contributed by atoms with E-state index in [1.165, 1.54) is 11.3 Å². The number of H-pyrrole nitrogens is 1. The van der Waals surface area contributed by atoms with E-state index in [1.54, 1.807) is 24.3 Å². The topological polar surface area (TPSA) is 87.7 Å². The molecule has 0 atom stereocenters. The van der Waals surface area contributed by atoms with E-state index in [1.807, 2.05) is 13.0 Å². The molecule has 3 aromatic rings. The third-order valence-electron chi connectivity index (χ3n) is 2.99. The standard InChI is InChI=1S/C14H12N4O2S/c1-2-11-17-18-14(21-11)16-13(20)10-7-8-5-3-4-6-9(8)12(19)15-10/h3-7H,2H2,1H3,(H,15,19)(H,16,18,20). The average molecular weight is 300 g/mol. The van der Waals surface area contributed by atoms with E-state index < -0.39 is 5.91 Å². The van der Waals surface area contributed by atoms with Crippen molar-refractivity contribution in [1.29, 1.82) is 0 Å². The number of pyridine rings is 1. The number of aromatic amines is 1. The number of aromatic nitrogens is 3. The first-order chi connectivity index (χ1) is 10.2. The zero-order chi connectivity index (χ0) is 14.8. The summed E-state index contributed by atoms with van der Waals surface area (Å²) in [5.74, 6) is -0.406. The fourth-order valence-corrected chi connectivity index (χ4v) is 2.62. The Morgan fingerprint density at radius 1 is 1.33 bits per heavy atom. The molecule has 1 amide bonds. The minimum Gasteiger partial charge on any atom is -0.317 e. The lowest BCUT2D eigenvalue weighted by Gasteiger charge is -2.03.